The van der Waals surface area contributed by atoms with Crippen molar-refractivity contribution in [2.45, 2.75) is 24.9 Å². The van der Waals surface area contributed by atoms with E-state index in [1.807, 2.05) is 19.3 Å². The maximum absolute atomic E-state index is 10.4. The van der Waals surface area contributed by atoms with Gasteiger partial charge < -0.3 is 10.0 Å². The van der Waals surface area contributed by atoms with Crippen molar-refractivity contribution in [1.29, 1.82) is 0 Å². The van der Waals surface area contributed by atoms with Crippen LogP contribution in [0.25, 0.3) is 0 Å². The zero-order valence-corrected chi connectivity index (χ0v) is 9.48. The molecule has 2 heterocycles. The van der Waals surface area contributed by atoms with E-state index in [1.54, 1.807) is 4.68 Å². The van der Waals surface area contributed by atoms with Crippen LogP contribution in [0.5, 0.6) is 0 Å². The van der Waals surface area contributed by atoms with Crippen LogP contribution in [-0.2, 0) is 13.5 Å². The molecule has 0 radical (unpaired) electrons. The van der Waals surface area contributed by atoms with Crippen molar-refractivity contribution in [3.05, 3.63) is 18.0 Å². The monoisotopic (exact) mass is 209 g/mol. The van der Waals surface area contributed by atoms with Gasteiger partial charge in [-0.2, -0.15) is 5.10 Å². The van der Waals surface area contributed by atoms with E-state index in [-0.39, 0.29) is 0 Å². The second-order valence-corrected chi connectivity index (χ2v) is 4.69. The number of nitrogens with zero attached hydrogens (tertiary/aromatic N) is 3. The lowest BCUT2D eigenvalue weighted by molar-refractivity contribution is -0.0158. The van der Waals surface area contributed by atoms with Crippen molar-refractivity contribution in [2.24, 2.45) is 7.05 Å². The van der Waals surface area contributed by atoms with E-state index in [1.165, 1.54) is 0 Å². The quantitative estimate of drug-likeness (QED) is 0.767. The topological polar surface area (TPSA) is 41.3 Å². The average molecular weight is 209 g/mol. The van der Waals surface area contributed by atoms with Crippen molar-refractivity contribution in [3.63, 3.8) is 0 Å². The third kappa shape index (κ3) is 2.58. The SMILES string of the molecule is CN1CCC(O)(Cc2ccn(C)n2)CC1. The lowest BCUT2D eigenvalue weighted by atomic mass is 9.87. The Morgan fingerprint density at radius 3 is 2.60 bits per heavy atom. The fourth-order valence-electron chi connectivity index (χ4n) is 2.11. The number of aryl methyl sites for hydroxylation is 1. The van der Waals surface area contributed by atoms with Gasteiger partial charge >= 0.3 is 0 Å². The van der Waals surface area contributed by atoms with Gasteiger partial charge in [-0.25, -0.2) is 0 Å². The largest absolute Gasteiger partial charge is 0.389 e. The maximum Gasteiger partial charge on any atom is 0.0728 e. The van der Waals surface area contributed by atoms with Crippen molar-refractivity contribution in [3.8, 4) is 0 Å². The molecule has 0 unspecified atom stereocenters. The highest BCUT2D eigenvalue weighted by Gasteiger charge is 2.31. The number of likely N-dealkylation sites (tertiary alicyclic amines) is 1. The molecule has 15 heavy (non-hydrogen) atoms. The van der Waals surface area contributed by atoms with E-state index < -0.39 is 5.60 Å². The highest BCUT2D eigenvalue weighted by molar-refractivity contribution is 5.04. The summed E-state index contributed by atoms with van der Waals surface area (Å²) in [6.45, 7) is 1.95. The highest BCUT2D eigenvalue weighted by atomic mass is 16.3. The molecule has 4 nitrogen and oxygen atoms in total. The standard InChI is InChI=1S/C11H19N3O/c1-13-7-4-11(15,5-8-13)9-10-3-6-14(2)12-10/h3,6,15H,4-5,7-9H2,1-2H3. The second kappa shape index (κ2) is 3.94. The van der Waals surface area contributed by atoms with Gasteiger partial charge in [-0.3, -0.25) is 4.68 Å². The Morgan fingerprint density at radius 1 is 1.40 bits per heavy atom. The summed E-state index contributed by atoms with van der Waals surface area (Å²) < 4.78 is 1.79. The summed E-state index contributed by atoms with van der Waals surface area (Å²) in [5, 5.41) is 14.7. The predicted octanol–water partition coefficient (Wildman–Crippen LogP) is 0.419. The third-order valence-electron chi connectivity index (χ3n) is 3.20. The smallest absolute Gasteiger partial charge is 0.0728 e. The summed E-state index contributed by atoms with van der Waals surface area (Å²) in [4.78, 5) is 2.26. The molecule has 1 aromatic rings. The van der Waals surface area contributed by atoms with Gasteiger partial charge in [-0.05, 0) is 26.0 Å². The molecule has 0 aliphatic carbocycles. The van der Waals surface area contributed by atoms with Crippen molar-refractivity contribution in [2.75, 3.05) is 20.1 Å². The minimum atomic E-state index is -0.541. The number of hydrogen-bond acceptors (Lipinski definition) is 3. The first-order valence-electron chi connectivity index (χ1n) is 5.47. The van der Waals surface area contributed by atoms with Gasteiger partial charge in [0.1, 0.15) is 0 Å². The molecule has 0 saturated carbocycles. The van der Waals surface area contributed by atoms with Crippen LogP contribution >= 0.6 is 0 Å². The predicted molar refractivity (Wildman–Crippen MR) is 58.6 cm³/mol. The van der Waals surface area contributed by atoms with Crippen molar-refractivity contribution >= 4 is 0 Å². The fourth-order valence-corrected chi connectivity index (χ4v) is 2.11. The van der Waals surface area contributed by atoms with Crippen LogP contribution < -0.4 is 0 Å². The molecule has 1 aromatic heterocycles. The number of rotatable bonds is 2. The summed E-state index contributed by atoms with van der Waals surface area (Å²) in [6.07, 6.45) is 4.30. The molecule has 0 spiro atoms. The average Bonchev–Trinajstić information content (AvgIpc) is 2.57. The maximum atomic E-state index is 10.4. The minimum absolute atomic E-state index is 0.541. The number of aliphatic hydroxyl groups is 1. The van der Waals surface area contributed by atoms with E-state index in [0.717, 1.165) is 31.6 Å². The van der Waals surface area contributed by atoms with Gasteiger partial charge in [0.2, 0.25) is 0 Å². The zero-order valence-electron chi connectivity index (χ0n) is 9.48. The fraction of sp³-hybridized carbons (Fsp3) is 0.727. The van der Waals surface area contributed by atoms with E-state index in [0.29, 0.717) is 6.42 Å². The van der Waals surface area contributed by atoms with Gasteiger partial charge in [0.05, 0.1) is 11.3 Å². The van der Waals surface area contributed by atoms with Crippen LogP contribution in [0.15, 0.2) is 12.3 Å². The lowest BCUT2D eigenvalue weighted by Gasteiger charge is -2.36. The van der Waals surface area contributed by atoms with Gasteiger partial charge in [0.25, 0.3) is 0 Å². The molecular formula is C11H19N3O. The normalized spacial score (nSPS) is 21.8. The van der Waals surface area contributed by atoms with Crippen LogP contribution in [0, 0.1) is 0 Å². The van der Waals surface area contributed by atoms with Crippen molar-refractivity contribution in [1.82, 2.24) is 14.7 Å². The molecule has 0 amide bonds. The number of hydrogen-bond donors (Lipinski definition) is 1. The number of aromatic nitrogens is 2. The Balaban J connectivity index is 1.99. The Kier molecular flexibility index (Phi) is 2.80. The van der Waals surface area contributed by atoms with Crippen LogP contribution in [-0.4, -0.2) is 45.5 Å². The van der Waals surface area contributed by atoms with Crippen LogP contribution in [0.2, 0.25) is 0 Å². The Bertz CT molecular complexity index is 326. The van der Waals surface area contributed by atoms with Crippen LogP contribution in [0.4, 0.5) is 0 Å². The summed E-state index contributed by atoms with van der Waals surface area (Å²) in [5.41, 5.74) is 0.450. The molecule has 2 rings (SSSR count). The molecule has 0 atom stereocenters. The van der Waals surface area contributed by atoms with Gasteiger partial charge in [0, 0.05) is 32.8 Å². The first-order valence-corrected chi connectivity index (χ1v) is 5.47. The third-order valence-corrected chi connectivity index (χ3v) is 3.20. The summed E-state index contributed by atoms with van der Waals surface area (Å²) in [7, 11) is 4.00. The zero-order chi connectivity index (χ0) is 10.9. The summed E-state index contributed by atoms with van der Waals surface area (Å²) in [5.74, 6) is 0. The van der Waals surface area contributed by atoms with Crippen LogP contribution in [0.3, 0.4) is 0 Å². The second-order valence-electron chi connectivity index (χ2n) is 4.69. The first-order chi connectivity index (χ1) is 7.07. The first kappa shape index (κ1) is 10.6. The van der Waals surface area contributed by atoms with E-state index in [9.17, 15) is 5.11 Å². The molecular weight excluding hydrogens is 190 g/mol. The van der Waals surface area contributed by atoms with E-state index in [2.05, 4.69) is 17.0 Å². The molecule has 1 fully saturated rings. The molecule has 84 valence electrons. The lowest BCUT2D eigenvalue weighted by Crippen LogP contribution is -2.44. The molecule has 1 aliphatic rings. The molecule has 0 bridgehead atoms. The van der Waals surface area contributed by atoms with E-state index in [4.69, 9.17) is 0 Å². The Morgan fingerprint density at radius 2 is 2.07 bits per heavy atom. The van der Waals surface area contributed by atoms with Gasteiger partial charge in [-0.1, -0.05) is 0 Å². The van der Waals surface area contributed by atoms with Crippen LogP contribution in [0.1, 0.15) is 18.5 Å². The number of piperidine rings is 1. The molecule has 0 aromatic carbocycles. The van der Waals surface area contributed by atoms with E-state index >= 15 is 0 Å². The summed E-state index contributed by atoms with van der Waals surface area (Å²) in [6, 6.07) is 1.98. The minimum Gasteiger partial charge on any atom is -0.389 e. The molecule has 4 heteroatoms. The molecule has 1 aliphatic heterocycles. The van der Waals surface area contributed by atoms with Crippen molar-refractivity contribution < 1.29 is 5.11 Å². The Labute approximate surface area is 90.5 Å². The molecule has 1 N–H and O–H groups in total. The van der Waals surface area contributed by atoms with Gasteiger partial charge in [0.15, 0.2) is 0 Å². The molecule has 1 saturated heterocycles. The highest BCUT2D eigenvalue weighted by Crippen LogP contribution is 2.24. The van der Waals surface area contributed by atoms with Gasteiger partial charge in [-0.15, -0.1) is 0 Å². The summed E-state index contributed by atoms with van der Waals surface area (Å²) >= 11 is 0. The Hall–Kier alpha value is -0.870.